The molecule has 1 aromatic heterocycles. The fraction of sp³-hybridized carbons (Fsp3) is 0.250. The number of rotatable bonds is 4. The van der Waals surface area contributed by atoms with E-state index in [1.807, 2.05) is 24.3 Å². The van der Waals surface area contributed by atoms with Crippen LogP contribution in [0.3, 0.4) is 0 Å². The van der Waals surface area contributed by atoms with E-state index in [0.29, 0.717) is 12.4 Å². The van der Waals surface area contributed by atoms with Gasteiger partial charge in [-0.05, 0) is 31.2 Å². The number of benzene rings is 1. The van der Waals surface area contributed by atoms with Crippen LogP contribution in [0, 0.1) is 0 Å². The molecule has 0 spiro atoms. The van der Waals surface area contributed by atoms with Crippen molar-refractivity contribution < 1.29 is 14.1 Å². The molecule has 94 valence electrons. The second kappa shape index (κ2) is 5.77. The molecule has 0 saturated heterocycles. The zero-order valence-corrected chi connectivity index (χ0v) is 11.3. The monoisotopic (exact) mass is 310 g/mol. The maximum atomic E-state index is 11.2. The highest BCUT2D eigenvalue weighted by molar-refractivity contribution is 9.10. The molecule has 0 fully saturated rings. The molecule has 0 aliphatic rings. The molecule has 6 heteroatoms. The molecule has 0 bridgehead atoms. The van der Waals surface area contributed by atoms with Crippen molar-refractivity contribution in [3.05, 3.63) is 34.6 Å². The Morgan fingerprint density at radius 2 is 2.11 bits per heavy atom. The number of carbonyl (C=O) groups excluding carboxylic acids is 1. The average molecular weight is 311 g/mol. The van der Waals surface area contributed by atoms with Gasteiger partial charge in [-0.2, -0.15) is 4.98 Å². The van der Waals surface area contributed by atoms with Crippen molar-refractivity contribution in [2.45, 2.75) is 13.3 Å². The molecule has 0 aliphatic carbocycles. The van der Waals surface area contributed by atoms with E-state index in [9.17, 15) is 4.79 Å². The number of hydrogen-bond acceptors (Lipinski definition) is 5. The summed E-state index contributed by atoms with van der Waals surface area (Å²) in [4.78, 5) is 15.4. The summed E-state index contributed by atoms with van der Waals surface area (Å²) in [5.74, 6) is 0.344. The lowest BCUT2D eigenvalue weighted by molar-refractivity contribution is -0.142. The zero-order chi connectivity index (χ0) is 13.0. The first kappa shape index (κ1) is 12.8. The summed E-state index contributed by atoms with van der Waals surface area (Å²) in [6, 6.07) is 7.50. The molecular formula is C12H11BrN2O3. The predicted molar refractivity (Wildman–Crippen MR) is 67.8 cm³/mol. The van der Waals surface area contributed by atoms with Crippen LogP contribution >= 0.6 is 15.9 Å². The Labute approximate surface area is 112 Å². The maximum Gasteiger partial charge on any atom is 0.315 e. The van der Waals surface area contributed by atoms with Crippen molar-refractivity contribution in [2.24, 2.45) is 0 Å². The van der Waals surface area contributed by atoms with Gasteiger partial charge in [0, 0.05) is 10.0 Å². The lowest BCUT2D eigenvalue weighted by atomic mass is 10.2. The standard InChI is InChI=1S/C12H11BrN2O3/c1-2-17-11(16)7-10-14-12(15-18-10)8-3-5-9(13)6-4-8/h3-6H,2,7H2,1H3. The summed E-state index contributed by atoms with van der Waals surface area (Å²) in [5, 5.41) is 3.82. The van der Waals surface area contributed by atoms with Gasteiger partial charge < -0.3 is 9.26 Å². The fourth-order valence-corrected chi connectivity index (χ4v) is 1.64. The number of esters is 1. The zero-order valence-electron chi connectivity index (χ0n) is 9.72. The molecular weight excluding hydrogens is 300 g/mol. The third kappa shape index (κ3) is 3.16. The summed E-state index contributed by atoms with van der Waals surface area (Å²) in [6.07, 6.45) is -0.00261. The van der Waals surface area contributed by atoms with E-state index < -0.39 is 0 Å². The summed E-state index contributed by atoms with van der Waals surface area (Å²) in [5.41, 5.74) is 0.831. The highest BCUT2D eigenvalue weighted by atomic mass is 79.9. The van der Waals surface area contributed by atoms with E-state index in [4.69, 9.17) is 9.26 Å². The smallest absolute Gasteiger partial charge is 0.315 e. The van der Waals surface area contributed by atoms with Crippen LogP contribution in [-0.4, -0.2) is 22.7 Å². The lowest BCUT2D eigenvalue weighted by Crippen LogP contribution is -2.07. The highest BCUT2D eigenvalue weighted by Crippen LogP contribution is 2.19. The number of carbonyl (C=O) groups is 1. The summed E-state index contributed by atoms with van der Waals surface area (Å²) in [6.45, 7) is 2.09. The minimum atomic E-state index is -0.372. The Kier molecular flexibility index (Phi) is 4.09. The summed E-state index contributed by atoms with van der Waals surface area (Å²) < 4.78 is 10.8. The first-order chi connectivity index (χ1) is 8.69. The quantitative estimate of drug-likeness (QED) is 0.812. The van der Waals surface area contributed by atoms with Gasteiger partial charge in [0.1, 0.15) is 6.42 Å². The van der Waals surface area contributed by atoms with E-state index >= 15 is 0 Å². The highest BCUT2D eigenvalue weighted by Gasteiger charge is 2.12. The number of aromatic nitrogens is 2. The molecule has 2 aromatic rings. The van der Waals surface area contributed by atoms with Gasteiger partial charge in [0.25, 0.3) is 0 Å². The Bertz CT molecular complexity index is 537. The minimum Gasteiger partial charge on any atom is -0.466 e. The predicted octanol–water partition coefficient (Wildman–Crippen LogP) is 2.60. The normalized spacial score (nSPS) is 10.3. The third-order valence-electron chi connectivity index (χ3n) is 2.17. The molecule has 0 unspecified atom stereocenters. The molecule has 0 radical (unpaired) electrons. The Hall–Kier alpha value is -1.69. The van der Waals surface area contributed by atoms with Crippen LogP contribution in [0.25, 0.3) is 11.4 Å². The van der Waals surface area contributed by atoms with Gasteiger partial charge in [0.15, 0.2) is 0 Å². The van der Waals surface area contributed by atoms with E-state index in [2.05, 4.69) is 26.1 Å². The van der Waals surface area contributed by atoms with Crippen molar-refractivity contribution in [3.63, 3.8) is 0 Å². The van der Waals surface area contributed by atoms with Crippen molar-refractivity contribution in [2.75, 3.05) is 6.61 Å². The van der Waals surface area contributed by atoms with Gasteiger partial charge in [-0.15, -0.1) is 0 Å². The minimum absolute atomic E-state index is 0.00261. The number of hydrogen-bond donors (Lipinski definition) is 0. The average Bonchev–Trinajstić information content (AvgIpc) is 2.78. The lowest BCUT2D eigenvalue weighted by Gasteiger charge is -1.96. The van der Waals surface area contributed by atoms with Crippen LogP contribution in [0.4, 0.5) is 0 Å². The van der Waals surface area contributed by atoms with Gasteiger partial charge in [0.05, 0.1) is 6.61 Å². The SMILES string of the molecule is CCOC(=O)Cc1nc(-c2ccc(Br)cc2)no1. The van der Waals surface area contributed by atoms with Crippen LogP contribution in [-0.2, 0) is 16.0 Å². The first-order valence-electron chi connectivity index (χ1n) is 5.43. The van der Waals surface area contributed by atoms with Gasteiger partial charge in [-0.25, -0.2) is 0 Å². The number of halogens is 1. The molecule has 0 N–H and O–H groups in total. The molecule has 0 aliphatic heterocycles. The van der Waals surface area contributed by atoms with Gasteiger partial charge in [0.2, 0.25) is 11.7 Å². The van der Waals surface area contributed by atoms with Gasteiger partial charge >= 0.3 is 5.97 Å². The van der Waals surface area contributed by atoms with Crippen LogP contribution in [0.2, 0.25) is 0 Å². The molecule has 0 atom stereocenters. The molecule has 1 heterocycles. The van der Waals surface area contributed by atoms with Gasteiger partial charge in [-0.1, -0.05) is 21.1 Å². The van der Waals surface area contributed by atoms with Crippen molar-refractivity contribution >= 4 is 21.9 Å². The third-order valence-corrected chi connectivity index (χ3v) is 2.70. The molecule has 2 rings (SSSR count). The summed E-state index contributed by atoms with van der Waals surface area (Å²) >= 11 is 3.35. The van der Waals surface area contributed by atoms with Crippen LogP contribution < -0.4 is 0 Å². The molecule has 18 heavy (non-hydrogen) atoms. The van der Waals surface area contributed by atoms with E-state index in [-0.39, 0.29) is 18.3 Å². The summed E-state index contributed by atoms with van der Waals surface area (Å²) in [7, 11) is 0. The van der Waals surface area contributed by atoms with Crippen molar-refractivity contribution in [1.29, 1.82) is 0 Å². The fourth-order valence-electron chi connectivity index (χ4n) is 1.38. The van der Waals surface area contributed by atoms with Crippen LogP contribution in [0.5, 0.6) is 0 Å². The number of ether oxygens (including phenoxy) is 1. The van der Waals surface area contributed by atoms with Crippen molar-refractivity contribution in [3.8, 4) is 11.4 Å². The second-order valence-electron chi connectivity index (χ2n) is 3.50. The number of nitrogens with zero attached hydrogens (tertiary/aromatic N) is 2. The topological polar surface area (TPSA) is 65.2 Å². The van der Waals surface area contributed by atoms with Crippen LogP contribution in [0.1, 0.15) is 12.8 Å². The molecule has 0 amide bonds. The maximum absolute atomic E-state index is 11.2. The van der Waals surface area contributed by atoms with E-state index in [1.165, 1.54) is 0 Å². The van der Waals surface area contributed by atoms with Crippen LogP contribution in [0.15, 0.2) is 33.3 Å². The van der Waals surface area contributed by atoms with Crippen molar-refractivity contribution in [1.82, 2.24) is 10.1 Å². The molecule has 1 aromatic carbocycles. The molecule has 5 nitrogen and oxygen atoms in total. The Morgan fingerprint density at radius 1 is 1.39 bits per heavy atom. The van der Waals surface area contributed by atoms with E-state index in [1.54, 1.807) is 6.92 Å². The first-order valence-corrected chi connectivity index (χ1v) is 6.22. The second-order valence-corrected chi connectivity index (χ2v) is 4.42. The largest absolute Gasteiger partial charge is 0.466 e. The Morgan fingerprint density at radius 3 is 2.78 bits per heavy atom. The van der Waals surface area contributed by atoms with Gasteiger partial charge in [-0.3, -0.25) is 4.79 Å². The molecule has 0 saturated carbocycles. The Balaban J connectivity index is 2.10. The van der Waals surface area contributed by atoms with E-state index in [0.717, 1.165) is 10.0 Å².